The van der Waals surface area contributed by atoms with E-state index in [2.05, 4.69) is 10.3 Å². The topological polar surface area (TPSA) is 110 Å². The molecule has 2 aromatic heterocycles. The summed E-state index contributed by atoms with van der Waals surface area (Å²) in [5.41, 5.74) is 3.06. The monoisotopic (exact) mass is 449 g/mol. The molecule has 0 radical (unpaired) electrons. The lowest BCUT2D eigenvalue weighted by molar-refractivity contribution is -0.146. The Hall–Kier alpha value is -3.33. The number of aliphatic carboxylic acids is 1. The summed E-state index contributed by atoms with van der Waals surface area (Å²) < 4.78 is 7.19. The van der Waals surface area contributed by atoms with Gasteiger partial charge in [0, 0.05) is 30.1 Å². The van der Waals surface area contributed by atoms with Gasteiger partial charge in [-0.1, -0.05) is 16.8 Å². The number of rotatable bonds is 7. The van der Waals surface area contributed by atoms with Crippen LogP contribution in [0, 0.1) is 6.92 Å². The summed E-state index contributed by atoms with van der Waals surface area (Å²) in [5, 5.41) is 18.1. The Bertz CT molecular complexity index is 1240. The predicted octanol–water partition coefficient (Wildman–Crippen LogP) is 2.87. The summed E-state index contributed by atoms with van der Waals surface area (Å²) in [6.45, 7) is 6.35. The molecule has 0 unspecified atom stereocenters. The van der Waals surface area contributed by atoms with E-state index in [4.69, 9.17) is 9.72 Å². The van der Waals surface area contributed by atoms with Crippen LogP contribution in [-0.2, 0) is 21.7 Å². The van der Waals surface area contributed by atoms with Gasteiger partial charge in [0.2, 0.25) is 0 Å². The highest BCUT2D eigenvalue weighted by molar-refractivity contribution is 6.06. The van der Waals surface area contributed by atoms with Gasteiger partial charge in [0.1, 0.15) is 5.69 Å². The van der Waals surface area contributed by atoms with Crippen LogP contribution in [0.5, 0.6) is 0 Å². The SMILES string of the molecule is Cc1ccc2nc(C3CC3)cc(C(=O)N3CC(OCc4cn(C(C)(C)C(=O)O)nn4)C3)c2c1. The fourth-order valence-electron chi connectivity index (χ4n) is 3.94. The molecule has 1 amide bonds. The number of nitrogens with zero attached hydrogens (tertiary/aromatic N) is 5. The molecule has 1 aromatic carbocycles. The number of aryl methyl sites for hydroxylation is 1. The Morgan fingerprint density at radius 2 is 1.97 bits per heavy atom. The zero-order chi connectivity index (χ0) is 23.3. The first-order valence-electron chi connectivity index (χ1n) is 11.2. The van der Waals surface area contributed by atoms with Gasteiger partial charge < -0.3 is 14.7 Å². The maximum absolute atomic E-state index is 13.3. The molecule has 0 atom stereocenters. The van der Waals surface area contributed by atoms with Crippen molar-refractivity contribution in [3.8, 4) is 0 Å². The normalized spacial score (nSPS) is 16.8. The van der Waals surface area contributed by atoms with E-state index in [-0.39, 0.29) is 18.6 Å². The zero-order valence-corrected chi connectivity index (χ0v) is 19.0. The molecule has 2 aliphatic rings. The van der Waals surface area contributed by atoms with Crippen molar-refractivity contribution in [3.05, 3.63) is 53.0 Å². The molecule has 5 rings (SSSR count). The first-order valence-corrected chi connectivity index (χ1v) is 11.2. The van der Waals surface area contributed by atoms with Crippen molar-refractivity contribution in [1.29, 1.82) is 0 Å². The Balaban J connectivity index is 1.24. The molecule has 172 valence electrons. The molecule has 1 saturated heterocycles. The molecule has 1 aliphatic heterocycles. The van der Waals surface area contributed by atoms with Crippen LogP contribution in [0.4, 0.5) is 0 Å². The number of carboxylic acid groups (broad SMARTS) is 1. The minimum absolute atomic E-state index is 0.00361. The molecule has 1 saturated carbocycles. The van der Waals surface area contributed by atoms with E-state index in [0.29, 0.717) is 30.3 Å². The highest BCUT2D eigenvalue weighted by Gasteiger charge is 2.35. The number of hydrogen-bond acceptors (Lipinski definition) is 6. The number of hydrogen-bond donors (Lipinski definition) is 1. The van der Waals surface area contributed by atoms with Gasteiger partial charge in [0.15, 0.2) is 5.54 Å². The second-order valence-corrected chi connectivity index (χ2v) is 9.55. The van der Waals surface area contributed by atoms with Crippen molar-refractivity contribution < 1.29 is 19.4 Å². The van der Waals surface area contributed by atoms with Crippen LogP contribution in [0.3, 0.4) is 0 Å². The van der Waals surface area contributed by atoms with Gasteiger partial charge in [0.05, 0.1) is 30.0 Å². The minimum atomic E-state index is -1.18. The van der Waals surface area contributed by atoms with Crippen LogP contribution in [0.25, 0.3) is 10.9 Å². The summed E-state index contributed by atoms with van der Waals surface area (Å²) in [4.78, 5) is 31.3. The molecule has 0 spiro atoms. The first kappa shape index (κ1) is 21.5. The van der Waals surface area contributed by atoms with E-state index in [1.54, 1.807) is 24.9 Å². The van der Waals surface area contributed by atoms with Crippen molar-refractivity contribution in [2.45, 2.75) is 57.8 Å². The second kappa shape index (κ2) is 7.91. The number of fused-ring (bicyclic) bond motifs is 1. The maximum Gasteiger partial charge on any atom is 0.331 e. The molecule has 33 heavy (non-hydrogen) atoms. The Morgan fingerprint density at radius 3 is 2.67 bits per heavy atom. The van der Waals surface area contributed by atoms with Gasteiger partial charge in [0.25, 0.3) is 5.91 Å². The second-order valence-electron chi connectivity index (χ2n) is 9.55. The van der Waals surface area contributed by atoms with Crippen LogP contribution in [0.2, 0.25) is 0 Å². The molecule has 3 aromatic rings. The summed E-state index contributed by atoms with van der Waals surface area (Å²) in [7, 11) is 0. The molecule has 1 N–H and O–H groups in total. The molecular weight excluding hydrogens is 422 g/mol. The van der Waals surface area contributed by atoms with Gasteiger partial charge in [-0.2, -0.15) is 0 Å². The standard InChI is InChI=1S/C24H27N5O4/c1-14-4-7-20-18(8-14)19(9-21(25-20)15-5-6-15)22(30)28-11-17(12-28)33-13-16-10-29(27-26-16)24(2,3)23(31)32/h4,7-10,15,17H,5-6,11-13H2,1-3H3,(H,31,32). The number of ether oxygens (including phenoxy) is 1. The number of carboxylic acids is 1. The molecule has 2 fully saturated rings. The lowest BCUT2D eigenvalue weighted by Gasteiger charge is -2.39. The number of aromatic nitrogens is 4. The fraction of sp³-hybridized carbons (Fsp3) is 0.458. The highest BCUT2D eigenvalue weighted by atomic mass is 16.5. The number of pyridine rings is 1. The summed E-state index contributed by atoms with van der Waals surface area (Å²) in [6, 6.07) is 8.02. The Kier molecular flexibility index (Phi) is 5.16. The van der Waals surface area contributed by atoms with Gasteiger partial charge >= 0.3 is 5.97 Å². The van der Waals surface area contributed by atoms with Gasteiger partial charge in [-0.05, 0) is 51.8 Å². The number of likely N-dealkylation sites (tertiary alicyclic amines) is 1. The van der Waals surface area contributed by atoms with Crippen molar-refractivity contribution >= 4 is 22.8 Å². The quantitative estimate of drug-likeness (QED) is 0.590. The lowest BCUT2D eigenvalue weighted by Crippen LogP contribution is -2.54. The van der Waals surface area contributed by atoms with E-state index < -0.39 is 11.5 Å². The van der Waals surface area contributed by atoms with E-state index in [9.17, 15) is 14.7 Å². The van der Waals surface area contributed by atoms with E-state index in [0.717, 1.165) is 35.0 Å². The fourth-order valence-corrected chi connectivity index (χ4v) is 3.94. The maximum atomic E-state index is 13.3. The molecule has 3 heterocycles. The number of carbonyl (C=O) groups is 2. The zero-order valence-electron chi connectivity index (χ0n) is 19.0. The van der Waals surface area contributed by atoms with Crippen LogP contribution in [0.15, 0.2) is 30.5 Å². The third-order valence-corrected chi connectivity index (χ3v) is 6.45. The molecule has 9 nitrogen and oxygen atoms in total. The van der Waals surface area contributed by atoms with Crippen LogP contribution >= 0.6 is 0 Å². The third-order valence-electron chi connectivity index (χ3n) is 6.45. The van der Waals surface area contributed by atoms with E-state index >= 15 is 0 Å². The molecule has 1 aliphatic carbocycles. The van der Waals surface area contributed by atoms with E-state index in [1.165, 1.54) is 4.68 Å². The van der Waals surface area contributed by atoms with Crippen molar-refractivity contribution in [2.24, 2.45) is 0 Å². The smallest absolute Gasteiger partial charge is 0.331 e. The van der Waals surface area contributed by atoms with Gasteiger partial charge in [-0.3, -0.25) is 9.78 Å². The number of benzene rings is 1. The van der Waals surface area contributed by atoms with E-state index in [1.807, 2.05) is 31.2 Å². The average Bonchev–Trinajstić information content (AvgIpc) is 3.49. The summed E-state index contributed by atoms with van der Waals surface area (Å²) in [6.07, 6.45) is 3.75. The van der Waals surface area contributed by atoms with Crippen molar-refractivity contribution in [2.75, 3.05) is 13.1 Å². The summed E-state index contributed by atoms with van der Waals surface area (Å²) in [5.74, 6) is -0.519. The molecular formula is C24H27N5O4. The van der Waals surface area contributed by atoms with Crippen LogP contribution in [0.1, 0.15) is 59.9 Å². The largest absolute Gasteiger partial charge is 0.479 e. The first-order chi connectivity index (χ1) is 15.7. The van der Waals surface area contributed by atoms with Crippen molar-refractivity contribution in [1.82, 2.24) is 24.9 Å². The highest BCUT2D eigenvalue weighted by Crippen LogP contribution is 2.40. The number of amides is 1. The lowest BCUT2D eigenvalue weighted by atomic mass is 10.0. The summed E-state index contributed by atoms with van der Waals surface area (Å²) >= 11 is 0. The van der Waals surface area contributed by atoms with Gasteiger partial charge in [-0.25, -0.2) is 9.48 Å². The number of carbonyl (C=O) groups excluding carboxylic acids is 1. The van der Waals surface area contributed by atoms with Gasteiger partial charge in [-0.15, -0.1) is 5.10 Å². The Labute approximate surface area is 191 Å². The van der Waals surface area contributed by atoms with Crippen LogP contribution in [-0.4, -0.2) is 61.1 Å². The third kappa shape index (κ3) is 4.08. The predicted molar refractivity (Wildman–Crippen MR) is 120 cm³/mol. The Morgan fingerprint density at radius 1 is 1.21 bits per heavy atom. The minimum Gasteiger partial charge on any atom is -0.479 e. The van der Waals surface area contributed by atoms with Crippen LogP contribution < -0.4 is 0 Å². The average molecular weight is 450 g/mol. The van der Waals surface area contributed by atoms with Crippen molar-refractivity contribution in [3.63, 3.8) is 0 Å². The molecule has 9 heteroatoms. The molecule has 0 bridgehead atoms.